The summed E-state index contributed by atoms with van der Waals surface area (Å²) in [5.74, 6) is -1.66. The van der Waals surface area contributed by atoms with E-state index in [9.17, 15) is 22.7 Å². The van der Waals surface area contributed by atoms with Gasteiger partial charge >= 0.3 is 0 Å². The molecule has 2 aromatic rings. The minimum atomic E-state index is -4.19. The number of carbonyl (C=O) groups excluding carboxylic acids is 1. The lowest BCUT2D eigenvalue weighted by atomic mass is 10.1. The number of carbonyl (C=O) groups is 1. The summed E-state index contributed by atoms with van der Waals surface area (Å²) in [5, 5.41) is 12.4. The molecule has 0 radical (unpaired) electrons. The number of amides is 1. The summed E-state index contributed by atoms with van der Waals surface area (Å²) in [6.07, 6.45) is 0. The molecule has 0 aliphatic carbocycles. The van der Waals surface area contributed by atoms with E-state index in [4.69, 9.17) is 17.3 Å². The van der Waals surface area contributed by atoms with Crippen molar-refractivity contribution in [3.8, 4) is 0 Å². The number of thiophene rings is 1. The van der Waals surface area contributed by atoms with Gasteiger partial charge in [-0.15, -0.1) is 11.3 Å². The van der Waals surface area contributed by atoms with Crippen molar-refractivity contribution >= 4 is 43.7 Å². The summed E-state index contributed by atoms with van der Waals surface area (Å²) >= 11 is 6.48. The molecule has 25 heavy (non-hydrogen) atoms. The summed E-state index contributed by atoms with van der Waals surface area (Å²) in [6, 6.07) is 4.48. The fourth-order valence-electron chi connectivity index (χ4n) is 1.84. The van der Waals surface area contributed by atoms with Crippen LogP contribution in [0.1, 0.15) is 19.4 Å². The molecule has 6 nitrogen and oxygen atoms in total. The molecule has 10 heteroatoms. The molecule has 0 aliphatic rings. The lowest BCUT2D eigenvalue weighted by Crippen LogP contribution is -2.36. The number of nitrogens with two attached hydrogens (primary N) is 1. The Kier molecular flexibility index (Phi) is 5.55. The Morgan fingerprint density at radius 2 is 2.04 bits per heavy atom. The molecule has 1 aromatic carbocycles. The van der Waals surface area contributed by atoms with E-state index in [1.807, 2.05) is 0 Å². The predicted molar refractivity (Wildman–Crippen MR) is 94.0 cm³/mol. The SMILES string of the molecule is CC(C)(O)C(=O)Nc1sc(S(=O)(=O)c2cc(Cl)ccc2F)cc1CN. The first kappa shape index (κ1) is 19.8. The van der Waals surface area contributed by atoms with Crippen molar-refractivity contribution in [2.75, 3.05) is 5.32 Å². The molecular weight excluding hydrogens is 391 g/mol. The van der Waals surface area contributed by atoms with Gasteiger partial charge in [-0.3, -0.25) is 4.79 Å². The largest absolute Gasteiger partial charge is 0.381 e. The van der Waals surface area contributed by atoms with Gasteiger partial charge in [0.05, 0.1) is 0 Å². The average molecular weight is 407 g/mol. The fourth-order valence-corrected chi connectivity index (χ4v) is 4.98. The van der Waals surface area contributed by atoms with E-state index in [2.05, 4.69) is 5.32 Å². The van der Waals surface area contributed by atoms with E-state index < -0.39 is 32.1 Å². The molecule has 0 saturated heterocycles. The zero-order chi connectivity index (χ0) is 19.0. The van der Waals surface area contributed by atoms with E-state index in [1.54, 1.807) is 0 Å². The molecule has 0 fully saturated rings. The molecule has 0 saturated carbocycles. The number of halogens is 2. The summed E-state index contributed by atoms with van der Waals surface area (Å²) < 4.78 is 39.1. The monoisotopic (exact) mass is 406 g/mol. The van der Waals surface area contributed by atoms with E-state index in [-0.39, 0.29) is 20.8 Å². The third-order valence-corrected chi connectivity index (χ3v) is 6.81. The van der Waals surface area contributed by atoms with Crippen molar-refractivity contribution in [1.82, 2.24) is 0 Å². The number of nitrogens with one attached hydrogen (secondary N) is 1. The molecule has 0 unspecified atom stereocenters. The topological polar surface area (TPSA) is 109 Å². The van der Waals surface area contributed by atoms with Crippen LogP contribution in [0.25, 0.3) is 0 Å². The van der Waals surface area contributed by atoms with Gasteiger partial charge in [0.25, 0.3) is 5.91 Å². The van der Waals surface area contributed by atoms with Crippen molar-refractivity contribution in [1.29, 1.82) is 0 Å². The highest BCUT2D eigenvalue weighted by Crippen LogP contribution is 2.36. The Balaban J connectivity index is 2.50. The number of aliphatic hydroxyl groups is 1. The van der Waals surface area contributed by atoms with E-state index in [1.165, 1.54) is 26.0 Å². The predicted octanol–water partition coefficient (Wildman–Crippen LogP) is 2.54. The van der Waals surface area contributed by atoms with Crippen LogP contribution >= 0.6 is 22.9 Å². The second kappa shape index (κ2) is 7.00. The van der Waals surface area contributed by atoms with Gasteiger partial charge < -0.3 is 16.2 Å². The van der Waals surface area contributed by atoms with Gasteiger partial charge in [-0.05, 0) is 38.1 Å². The Hall–Kier alpha value is -1.52. The van der Waals surface area contributed by atoms with Crippen molar-refractivity contribution in [3.05, 3.63) is 40.7 Å². The number of sulfone groups is 1. The number of hydrogen-bond donors (Lipinski definition) is 3. The van der Waals surface area contributed by atoms with Gasteiger partial charge in [-0.25, -0.2) is 12.8 Å². The van der Waals surface area contributed by atoms with Crippen molar-refractivity contribution < 1.29 is 22.7 Å². The van der Waals surface area contributed by atoms with Gasteiger partial charge in [-0.2, -0.15) is 0 Å². The average Bonchev–Trinajstić information content (AvgIpc) is 2.92. The lowest BCUT2D eigenvalue weighted by molar-refractivity contribution is -0.130. The van der Waals surface area contributed by atoms with Gasteiger partial charge in [-0.1, -0.05) is 11.6 Å². The molecule has 1 aromatic heterocycles. The molecule has 0 aliphatic heterocycles. The first-order valence-corrected chi connectivity index (χ1v) is 9.71. The van der Waals surface area contributed by atoms with Gasteiger partial charge in [0.15, 0.2) is 0 Å². The number of benzene rings is 1. The summed E-state index contributed by atoms with van der Waals surface area (Å²) in [5.41, 5.74) is 4.28. The maximum atomic E-state index is 13.9. The van der Waals surface area contributed by atoms with Crippen LogP contribution in [0.3, 0.4) is 0 Å². The fraction of sp³-hybridized carbons (Fsp3) is 0.267. The standard InChI is InChI=1S/C15H16ClFN2O4S2/c1-15(2,21)14(20)19-13-8(7-18)5-12(24-13)25(22,23)11-6-9(16)3-4-10(11)17/h3-6,21H,7,18H2,1-2H3,(H,19,20). The highest BCUT2D eigenvalue weighted by molar-refractivity contribution is 7.93. The molecule has 1 heterocycles. The molecule has 2 rings (SSSR count). The second-order valence-electron chi connectivity index (χ2n) is 5.72. The molecule has 0 atom stereocenters. The zero-order valence-corrected chi connectivity index (χ0v) is 15.7. The van der Waals surface area contributed by atoms with Crippen LogP contribution in [0.4, 0.5) is 9.39 Å². The first-order valence-electron chi connectivity index (χ1n) is 7.03. The molecule has 0 bridgehead atoms. The third-order valence-electron chi connectivity index (χ3n) is 3.24. The Morgan fingerprint density at radius 3 is 2.60 bits per heavy atom. The van der Waals surface area contributed by atoms with Crippen molar-refractivity contribution in [2.45, 2.75) is 35.1 Å². The minimum Gasteiger partial charge on any atom is -0.381 e. The maximum Gasteiger partial charge on any atom is 0.256 e. The zero-order valence-electron chi connectivity index (χ0n) is 13.3. The normalized spacial score (nSPS) is 12.2. The van der Waals surface area contributed by atoms with Crippen molar-refractivity contribution in [3.63, 3.8) is 0 Å². The van der Waals surface area contributed by atoms with Crippen LogP contribution < -0.4 is 11.1 Å². The van der Waals surface area contributed by atoms with E-state index in [0.717, 1.165) is 23.5 Å². The summed E-state index contributed by atoms with van der Waals surface area (Å²) in [4.78, 5) is 11.3. The quantitative estimate of drug-likeness (QED) is 0.706. The highest BCUT2D eigenvalue weighted by atomic mass is 35.5. The molecular formula is C15H16ClFN2O4S2. The van der Waals surface area contributed by atoms with Gasteiger partial charge in [0.1, 0.15) is 25.5 Å². The Labute approximate surface area is 153 Å². The molecule has 0 spiro atoms. The van der Waals surface area contributed by atoms with Crippen LogP contribution in [0, 0.1) is 5.82 Å². The van der Waals surface area contributed by atoms with Crippen LogP contribution in [0.2, 0.25) is 5.02 Å². The van der Waals surface area contributed by atoms with Gasteiger partial charge in [0, 0.05) is 17.1 Å². The lowest BCUT2D eigenvalue weighted by Gasteiger charge is -2.16. The van der Waals surface area contributed by atoms with Gasteiger partial charge in [0.2, 0.25) is 9.84 Å². The maximum absolute atomic E-state index is 13.9. The van der Waals surface area contributed by atoms with Crippen LogP contribution in [0.5, 0.6) is 0 Å². The van der Waals surface area contributed by atoms with Crippen LogP contribution in [-0.2, 0) is 21.2 Å². The van der Waals surface area contributed by atoms with Crippen LogP contribution in [-0.4, -0.2) is 25.0 Å². The minimum absolute atomic E-state index is 0.0501. The highest BCUT2D eigenvalue weighted by Gasteiger charge is 2.29. The Bertz CT molecular complexity index is 920. The Morgan fingerprint density at radius 1 is 1.40 bits per heavy atom. The van der Waals surface area contributed by atoms with Crippen molar-refractivity contribution in [2.24, 2.45) is 5.73 Å². The molecule has 136 valence electrons. The summed E-state index contributed by atoms with van der Waals surface area (Å²) in [7, 11) is -4.19. The summed E-state index contributed by atoms with van der Waals surface area (Å²) in [6.45, 7) is 2.53. The van der Waals surface area contributed by atoms with E-state index >= 15 is 0 Å². The smallest absolute Gasteiger partial charge is 0.256 e. The molecule has 1 amide bonds. The number of hydrogen-bond acceptors (Lipinski definition) is 6. The van der Waals surface area contributed by atoms with E-state index in [0.29, 0.717) is 5.56 Å². The second-order valence-corrected chi connectivity index (χ2v) is 9.35. The molecule has 4 N–H and O–H groups in total. The third kappa shape index (κ3) is 4.18. The van der Waals surface area contributed by atoms with Crippen LogP contribution in [0.15, 0.2) is 33.4 Å². The first-order chi connectivity index (χ1) is 11.5. The number of rotatable bonds is 5. The number of anilines is 1.